The maximum atomic E-state index is 9.33. The Morgan fingerprint density at radius 3 is 2.93 bits per heavy atom. The van der Waals surface area contributed by atoms with E-state index in [1.165, 1.54) is 0 Å². The van der Waals surface area contributed by atoms with Crippen molar-refractivity contribution in [2.75, 3.05) is 7.11 Å². The molecule has 0 unspecified atom stereocenters. The van der Waals surface area contributed by atoms with Crippen LogP contribution in [0.4, 0.5) is 0 Å². The summed E-state index contributed by atoms with van der Waals surface area (Å²) in [5.41, 5.74) is 3.61. The van der Waals surface area contributed by atoms with E-state index in [-0.39, 0.29) is 11.6 Å². The summed E-state index contributed by atoms with van der Waals surface area (Å²) in [4.78, 5) is 9.36. The number of aromatic amines is 1. The van der Waals surface area contributed by atoms with Gasteiger partial charge >= 0.3 is 0 Å². The smallest absolute Gasteiger partial charge is 0.111 e. The van der Waals surface area contributed by atoms with E-state index in [1.54, 1.807) is 19.5 Å². The number of ether oxygens (including phenoxy) is 1. The third-order valence-electron chi connectivity index (χ3n) is 5.65. The van der Waals surface area contributed by atoms with Crippen molar-refractivity contribution in [3.63, 3.8) is 0 Å². The van der Waals surface area contributed by atoms with Crippen molar-refractivity contribution < 1.29 is 4.74 Å². The van der Waals surface area contributed by atoms with Crippen molar-refractivity contribution in [2.24, 2.45) is 0 Å². The van der Waals surface area contributed by atoms with Gasteiger partial charge < -0.3 is 4.74 Å². The Hall–Kier alpha value is -3.57. The molecule has 1 fully saturated rings. The predicted molar refractivity (Wildman–Crippen MR) is 107 cm³/mol. The van der Waals surface area contributed by atoms with Gasteiger partial charge in [-0.15, -0.1) is 0 Å². The lowest BCUT2D eigenvalue weighted by molar-refractivity contribution is -0.0541. The molecule has 0 atom stereocenters. The molecule has 0 amide bonds. The monoisotopic (exact) mass is 385 g/mol. The molecule has 4 aromatic rings. The Bertz CT molecular complexity index is 1200. The number of pyridine rings is 2. The number of nitrogens with zero attached hydrogens (tertiary/aromatic N) is 6. The number of aromatic nitrogens is 6. The van der Waals surface area contributed by atoms with Gasteiger partial charge in [-0.1, -0.05) is 0 Å². The maximum absolute atomic E-state index is 9.33. The Morgan fingerprint density at radius 2 is 2.17 bits per heavy atom. The number of fused-ring (bicyclic) bond motifs is 1. The standard InChI is InChI=1S/C21H19N7O/c1-29-14-12-21(13-14,6-7-22)28-10-5-17(27-28)20-15-3-2-8-23-18(15)11-19(25-20)16-4-9-24-26-16/h2-5,8-11,14H,6,12-13H2,1H3,(H,24,26)/t14-,21+. The van der Waals surface area contributed by atoms with Gasteiger partial charge in [-0.2, -0.15) is 15.5 Å². The van der Waals surface area contributed by atoms with Gasteiger partial charge in [0.25, 0.3) is 0 Å². The van der Waals surface area contributed by atoms with Crippen LogP contribution in [0, 0.1) is 11.3 Å². The van der Waals surface area contributed by atoms with E-state index in [0.717, 1.165) is 46.5 Å². The predicted octanol–water partition coefficient (Wildman–Crippen LogP) is 3.30. The highest BCUT2D eigenvalue weighted by Crippen LogP contribution is 2.43. The largest absolute Gasteiger partial charge is 0.381 e. The summed E-state index contributed by atoms with van der Waals surface area (Å²) in [6, 6.07) is 12.0. The highest BCUT2D eigenvalue weighted by molar-refractivity contribution is 5.93. The fourth-order valence-corrected chi connectivity index (χ4v) is 4.04. The van der Waals surface area contributed by atoms with Gasteiger partial charge in [0.15, 0.2) is 0 Å². The van der Waals surface area contributed by atoms with E-state index in [9.17, 15) is 5.26 Å². The molecule has 8 nitrogen and oxygen atoms in total. The molecule has 0 saturated heterocycles. The van der Waals surface area contributed by atoms with E-state index in [4.69, 9.17) is 14.8 Å². The first kappa shape index (κ1) is 17.5. The number of nitrogens with one attached hydrogen (secondary N) is 1. The van der Waals surface area contributed by atoms with Crippen LogP contribution in [0.15, 0.2) is 48.9 Å². The minimum Gasteiger partial charge on any atom is -0.381 e. The van der Waals surface area contributed by atoms with Crippen LogP contribution in [-0.2, 0) is 10.3 Å². The number of H-pyrrole nitrogens is 1. The first-order valence-electron chi connectivity index (χ1n) is 9.44. The number of hydrogen-bond acceptors (Lipinski definition) is 6. The van der Waals surface area contributed by atoms with Crippen molar-refractivity contribution in [3.05, 3.63) is 48.9 Å². The van der Waals surface area contributed by atoms with E-state index in [2.05, 4.69) is 21.3 Å². The first-order chi connectivity index (χ1) is 14.2. The van der Waals surface area contributed by atoms with Gasteiger partial charge in [0.05, 0.1) is 41.0 Å². The molecule has 1 aliphatic rings. The zero-order chi connectivity index (χ0) is 19.8. The topological polar surface area (TPSA) is 105 Å². The molecule has 4 aromatic heterocycles. The molecule has 0 spiro atoms. The van der Waals surface area contributed by atoms with E-state index in [0.29, 0.717) is 6.42 Å². The molecule has 0 bridgehead atoms. The van der Waals surface area contributed by atoms with Gasteiger partial charge in [0.1, 0.15) is 11.4 Å². The Kier molecular flexibility index (Phi) is 4.11. The molecule has 1 saturated carbocycles. The minimum atomic E-state index is -0.317. The maximum Gasteiger partial charge on any atom is 0.111 e. The lowest BCUT2D eigenvalue weighted by Gasteiger charge is -2.45. The average molecular weight is 385 g/mol. The quantitative estimate of drug-likeness (QED) is 0.565. The molecule has 4 heterocycles. The van der Waals surface area contributed by atoms with Crippen LogP contribution in [0.3, 0.4) is 0 Å². The highest BCUT2D eigenvalue weighted by Gasteiger charge is 2.46. The second-order valence-corrected chi connectivity index (χ2v) is 7.37. The van der Waals surface area contributed by atoms with E-state index >= 15 is 0 Å². The summed E-state index contributed by atoms with van der Waals surface area (Å²) in [6.45, 7) is 0. The number of rotatable bonds is 5. The van der Waals surface area contributed by atoms with Gasteiger partial charge in [-0.25, -0.2) is 4.98 Å². The molecule has 0 aromatic carbocycles. The molecule has 8 heteroatoms. The van der Waals surface area contributed by atoms with Crippen LogP contribution in [0.25, 0.3) is 33.7 Å². The van der Waals surface area contributed by atoms with Crippen LogP contribution in [0.2, 0.25) is 0 Å². The summed E-state index contributed by atoms with van der Waals surface area (Å²) < 4.78 is 7.35. The van der Waals surface area contributed by atoms with E-state index in [1.807, 2.05) is 41.2 Å². The molecule has 29 heavy (non-hydrogen) atoms. The summed E-state index contributed by atoms with van der Waals surface area (Å²) in [6.07, 6.45) is 7.53. The third kappa shape index (κ3) is 2.87. The lowest BCUT2D eigenvalue weighted by Crippen LogP contribution is -2.50. The molecule has 5 rings (SSSR count). The fourth-order valence-electron chi connectivity index (χ4n) is 4.04. The van der Waals surface area contributed by atoms with Crippen molar-refractivity contribution in [3.8, 4) is 28.8 Å². The molecule has 1 N–H and O–H groups in total. The van der Waals surface area contributed by atoms with Gasteiger partial charge in [0.2, 0.25) is 0 Å². The molecular formula is C21H19N7O. The molecule has 144 valence electrons. The highest BCUT2D eigenvalue weighted by atomic mass is 16.5. The Morgan fingerprint density at radius 1 is 1.28 bits per heavy atom. The second kappa shape index (κ2) is 6.79. The van der Waals surface area contributed by atoms with Crippen LogP contribution in [-0.4, -0.2) is 43.2 Å². The van der Waals surface area contributed by atoms with E-state index < -0.39 is 0 Å². The second-order valence-electron chi connectivity index (χ2n) is 7.37. The summed E-state index contributed by atoms with van der Waals surface area (Å²) in [7, 11) is 1.71. The van der Waals surface area contributed by atoms with Crippen LogP contribution in [0.5, 0.6) is 0 Å². The van der Waals surface area contributed by atoms with Gasteiger partial charge in [-0.3, -0.25) is 14.8 Å². The fraction of sp³-hybridized carbons (Fsp3) is 0.286. The molecular weight excluding hydrogens is 366 g/mol. The van der Waals surface area contributed by atoms with Crippen molar-refractivity contribution >= 4 is 10.9 Å². The van der Waals surface area contributed by atoms with Crippen molar-refractivity contribution in [2.45, 2.75) is 30.9 Å². The molecule has 0 aliphatic heterocycles. The molecule has 0 radical (unpaired) electrons. The van der Waals surface area contributed by atoms with Gasteiger partial charge in [-0.05, 0) is 43.2 Å². The van der Waals surface area contributed by atoms with Crippen molar-refractivity contribution in [1.29, 1.82) is 5.26 Å². The SMILES string of the molecule is CO[C@H]1C[C@@](CC#N)(n2ccc(-c3nc(-c4ccn[nH]4)cc4ncccc34)n2)C1. The summed E-state index contributed by atoms with van der Waals surface area (Å²) in [5.74, 6) is 0. The van der Waals surface area contributed by atoms with Gasteiger partial charge in [0, 0.05) is 31.1 Å². The number of nitriles is 1. The Balaban J connectivity index is 1.61. The summed E-state index contributed by atoms with van der Waals surface area (Å²) in [5, 5.41) is 22.1. The molecule has 1 aliphatic carbocycles. The summed E-state index contributed by atoms with van der Waals surface area (Å²) >= 11 is 0. The third-order valence-corrected chi connectivity index (χ3v) is 5.65. The normalized spacial score (nSPS) is 21.0. The number of hydrogen-bond donors (Lipinski definition) is 1. The zero-order valence-corrected chi connectivity index (χ0v) is 15.9. The zero-order valence-electron chi connectivity index (χ0n) is 15.9. The van der Waals surface area contributed by atoms with Crippen LogP contribution < -0.4 is 0 Å². The number of methoxy groups -OCH3 is 1. The van der Waals surface area contributed by atoms with Crippen LogP contribution >= 0.6 is 0 Å². The lowest BCUT2D eigenvalue weighted by atomic mass is 9.72. The van der Waals surface area contributed by atoms with Crippen LogP contribution in [0.1, 0.15) is 19.3 Å². The average Bonchev–Trinajstić information content (AvgIpc) is 3.42. The first-order valence-corrected chi connectivity index (χ1v) is 9.44. The Labute approximate surface area is 167 Å². The van der Waals surface area contributed by atoms with Crippen molar-refractivity contribution in [1.82, 2.24) is 29.9 Å². The minimum absolute atomic E-state index is 0.169.